The number of hydrogen-bond acceptors (Lipinski definition) is 4. The second-order valence-corrected chi connectivity index (χ2v) is 6.54. The van der Waals surface area contributed by atoms with Gasteiger partial charge in [0.2, 0.25) is 0 Å². The zero-order valence-electron chi connectivity index (χ0n) is 14.8. The van der Waals surface area contributed by atoms with Crippen molar-refractivity contribution in [2.24, 2.45) is 0 Å². The Kier molecular flexibility index (Phi) is 3.38. The summed E-state index contributed by atoms with van der Waals surface area (Å²) in [6.45, 7) is 6.21. The molecule has 0 saturated carbocycles. The number of hydrogen-bond donors (Lipinski definition) is 0. The summed E-state index contributed by atoms with van der Waals surface area (Å²) in [4.78, 5) is 17.8. The van der Waals surface area contributed by atoms with Gasteiger partial charge >= 0.3 is 6.69 Å². The Balaban J connectivity index is 2.11. The SMILES string of the molecule is Cc1cn([B-](n2cnc(C)c2)(n2cnc(C)c2)n2cnc(C)c2)cn1. The van der Waals surface area contributed by atoms with Crippen molar-refractivity contribution in [1.29, 1.82) is 0 Å². The summed E-state index contributed by atoms with van der Waals surface area (Å²) in [6.07, 6.45) is 15.5. The summed E-state index contributed by atoms with van der Waals surface area (Å²) >= 11 is 0. The molecule has 0 N–H and O–H groups in total. The van der Waals surface area contributed by atoms with Crippen molar-refractivity contribution < 1.29 is 0 Å². The molecule has 128 valence electrons. The van der Waals surface area contributed by atoms with Crippen molar-refractivity contribution in [2.75, 3.05) is 0 Å². The molecule has 4 aromatic heterocycles. The van der Waals surface area contributed by atoms with Crippen molar-refractivity contribution >= 4 is 6.69 Å². The Bertz CT molecular complexity index is 854. The lowest BCUT2D eigenvalue weighted by molar-refractivity contribution is 0.806. The topological polar surface area (TPSA) is 71.3 Å². The summed E-state index contributed by atoms with van der Waals surface area (Å²) in [7, 11) is 0. The molecule has 0 bridgehead atoms. The first-order valence-electron chi connectivity index (χ1n) is 8.18. The number of imidazole rings is 4. The van der Waals surface area contributed by atoms with Crippen LogP contribution in [-0.4, -0.2) is 44.5 Å². The zero-order valence-corrected chi connectivity index (χ0v) is 14.8. The van der Waals surface area contributed by atoms with E-state index < -0.39 is 6.69 Å². The molecule has 0 unspecified atom stereocenters. The standard InChI is InChI=1S/C16H20BN8/c1-13-5-22(9-18-13)17(23-6-14(2)19-10-23,24-7-15(3)20-11-24)25-8-16(4)21-12-25/h5-12H,1-4H3/q-1. The zero-order chi connectivity index (χ0) is 17.6. The van der Waals surface area contributed by atoms with E-state index in [1.54, 1.807) is 0 Å². The molecule has 0 aliphatic rings. The van der Waals surface area contributed by atoms with Crippen LogP contribution in [0, 0.1) is 27.7 Å². The van der Waals surface area contributed by atoms with Crippen LogP contribution in [0.25, 0.3) is 0 Å². The van der Waals surface area contributed by atoms with Crippen LogP contribution in [0.15, 0.2) is 50.1 Å². The van der Waals surface area contributed by atoms with Gasteiger partial charge in [0, 0.05) is 0 Å². The van der Waals surface area contributed by atoms with Gasteiger partial charge < -0.3 is 17.9 Å². The molecule has 0 amide bonds. The highest BCUT2D eigenvalue weighted by molar-refractivity contribution is 6.73. The molecule has 0 aliphatic carbocycles. The maximum atomic E-state index is 4.46. The van der Waals surface area contributed by atoms with Gasteiger partial charge in [-0.1, -0.05) is 0 Å². The number of aryl methyl sites for hydroxylation is 4. The number of aromatic nitrogens is 8. The van der Waals surface area contributed by atoms with Crippen LogP contribution in [0.4, 0.5) is 0 Å². The van der Waals surface area contributed by atoms with Crippen LogP contribution in [0.2, 0.25) is 0 Å². The molecule has 4 rings (SSSR count). The van der Waals surface area contributed by atoms with E-state index in [0.717, 1.165) is 22.8 Å². The third-order valence-electron chi connectivity index (χ3n) is 4.52. The fourth-order valence-electron chi connectivity index (χ4n) is 3.44. The smallest absolute Gasteiger partial charge is 0.405 e. The van der Waals surface area contributed by atoms with Gasteiger partial charge in [-0.25, -0.2) is 19.9 Å². The van der Waals surface area contributed by atoms with Gasteiger partial charge in [0.25, 0.3) is 0 Å². The van der Waals surface area contributed by atoms with Gasteiger partial charge in [0.15, 0.2) is 0 Å². The maximum absolute atomic E-state index is 4.46. The Morgan fingerprint density at radius 3 is 0.920 bits per heavy atom. The van der Waals surface area contributed by atoms with E-state index in [1.807, 2.05) is 77.8 Å². The van der Waals surface area contributed by atoms with Crippen molar-refractivity contribution in [3.63, 3.8) is 0 Å². The van der Waals surface area contributed by atoms with Crippen LogP contribution < -0.4 is 0 Å². The Morgan fingerprint density at radius 2 is 0.760 bits per heavy atom. The van der Waals surface area contributed by atoms with E-state index in [1.165, 1.54) is 0 Å². The lowest BCUT2D eigenvalue weighted by Crippen LogP contribution is -2.62. The van der Waals surface area contributed by atoms with E-state index >= 15 is 0 Å². The van der Waals surface area contributed by atoms with Crippen LogP contribution in [0.1, 0.15) is 22.8 Å². The Hall–Kier alpha value is -3.10. The lowest BCUT2D eigenvalue weighted by Gasteiger charge is -2.45. The van der Waals surface area contributed by atoms with E-state index in [2.05, 4.69) is 37.8 Å². The second kappa shape index (κ2) is 5.47. The molecule has 0 spiro atoms. The molecule has 8 nitrogen and oxygen atoms in total. The molecular weight excluding hydrogens is 315 g/mol. The average molecular weight is 335 g/mol. The first-order chi connectivity index (χ1) is 12.0. The molecule has 25 heavy (non-hydrogen) atoms. The van der Waals surface area contributed by atoms with E-state index in [0.29, 0.717) is 0 Å². The minimum absolute atomic E-state index is 0.941. The van der Waals surface area contributed by atoms with Crippen LogP contribution in [0.3, 0.4) is 0 Å². The molecule has 4 aromatic rings. The third-order valence-corrected chi connectivity index (χ3v) is 4.52. The lowest BCUT2D eigenvalue weighted by atomic mass is 9.72. The molecule has 4 heterocycles. The molecule has 0 radical (unpaired) electrons. The van der Waals surface area contributed by atoms with Gasteiger partial charge in [0.05, 0.1) is 48.1 Å². The van der Waals surface area contributed by atoms with Crippen molar-refractivity contribution in [1.82, 2.24) is 37.8 Å². The average Bonchev–Trinajstić information content (AvgIpc) is 3.33. The molecule has 9 heteroatoms. The largest absolute Gasteiger partial charge is 0.455 e. The van der Waals surface area contributed by atoms with E-state index in [4.69, 9.17) is 0 Å². The minimum atomic E-state index is -1.72. The van der Waals surface area contributed by atoms with E-state index in [-0.39, 0.29) is 0 Å². The van der Waals surface area contributed by atoms with Gasteiger partial charge in [-0.3, -0.25) is 0 Å². The first kappa shape index (κ1) is 15.4. The molecular formula is C16H20BN8-. The highest BCUT2D eigenvalue weighted by Gasteiger charge is 2.35. The summed E-state index contributed by atoms with van der Waals surface area (Å²) < 4.78 is 8.38. The Labute approximate surface area is 145 Å². The highest BCUT2D eigenvalue weighted by Crippen LogP contribution is 2.19. The second-order valence-electron chi connectivity index (χ2n) is 6.54. The molecule has 0 atom stereocenters. The molecule has 0 aromatic carbocycles. The van der Waals surface area contributed by atoms with Crippen LogP contribution in [-0.2, 0) is 0 Å². The number of nitrogens with zero attached hydrogens (tertiary/aromatic N) is 8. The maximum Gasteiger partial charge on any atom is 0.405 e. The Morgan fingerprint density at radius 1 is 0.520 bits per heavy atom. The van der Waals surface area contributed by atoms with Gasteiger partial charge in [0.1, 0.15) is 0 Å². The first-order valence-corrected chi connectivity index (χ1v) is 8.18. The summed E-state index contributed by atoms with van der Waals surface area (Å²) in [5, 5.41) is 0. The fraction of sp³-hybridized carbons (Fsp3) is 0.250. The quantitative estimate of drug-likeness (QED) is 0.532. The number of rotatable bonds is 4. The van der Waals surface area contributed by atoms with Gasteiger partial charge in [-0.05, 0) is 52.5 Å². The van der Waals surface area contributed by atoms with Crippen molar-refractivity contribution in [3.05, 3.63) is 72.9 Å². The summed E-state index contributed by atoms with van der Waals surface area (Å²) in [5.74, 6) is 0. The predicted octanol–water partition coefficient (Wildman–Crippen LogP) is 1.63. The molecule has 0 fully saturated rings. The monoisotopic (exact) mass is 335 g/mol. The molecule has 0 saturated heterocycles. The normalized spacial score (nSPS) is 12.0. The predicted molar refractivity (Wildman–Crippen MR) is 95.2 cm³/mol. The van der Waals surface area contributed by atoms with Crippen LogP contribution in [0.5, 0.6) is 0 Å². The van der Waals surface area contributed by atoms with Gasteiger partial charge in [-0.15, -0.1) is 0 Å². The van der Waals surface area contributed by atoms with Crippen molar-refractivity contribution in [3.8, 4) is 0 Å². The third kappa shape index (κ3) is 2.31. The van der Waals surface area contributed by atoms with Gasteiger partial charge in [-0.2, -0.15) is 0 Å². The molecule has 0 aliphatic heterocycles. The summed E-state index contributed by atoms with van der Waals surface area (Å²) in [5.41, 5.74) is 3.77. The van der Waals surface area contributed by atoms with Crippen LogP contribution >= 0.6 is 0 Å². The van der Waals surface area contributed by atoms with Crippen molar-refractivity contribution in [2.45, 2.75) is 27.7 Å². The minimum Gasteiger partial charge on any atom is -0.455 e. The summed E-state index contributed by atoms with van der Waals surface area (Å²) in [6, 6.07) is 0. The highest BCUT2D eigenvalue weighted by atomic mass is 15.4. The van der Waals surface area contributed by atoms with E-state index in [9.17, 15) is 0 Å². The fourth-order valence-corrected chi connectivity index (χ4v) is 3.44.